The summed E-state index contributed by atoms with van der Waals surface area (Å²) in [4.78, 5) is 37.3. The van der Waals surface area contributed by atoms with E-state index in [0.29, 0.717) is 36.7 Å². The van der Waals surface area contributed by atoms with Crippen molar-refractivity contribution in [2.24, 2.45) is 0 Å². The predicted octanol–water partition coefficient (Wildman–Crippen LogP) is 17.7. The van der Waals surface area contributed by atoms with Gasteiger partial charge in [0.1, 0.15) is 13.2 Å². The fourth-order valence-corrected chi connectivity index (χ4v) is 7.07. The topological polar surface area (TPSA) is 111 Å². The van der Waals surface area contributed by atoms with E-state index in [9.17, 15) is 19.5 Å². The number of esters is 2. The summed E-state index contributed by atoms with van der Waals surface area (Å²) in [5, 5.41) is 11.8. The maximum absolute atomic E-state index is 12.9. The van der Waals surface area contributed by atoms with E-state index >= 15 is 0 Å². The molecule has 0 amide bonds. The summed E-state index contributed by atoms with van der Waals surface area (Å²) in [7, 11) is 5.86. The summed E-state index contributed by atoms with van der Waals surface area (Å²) in [6.07, 6.45) is 95.8. The summed E-state index contributed by atoms with van der Waals surface area (Å²) in [6.45, 7) is 4.33. The molecule has 9 heteroatoms. The highest BCUT2D eigenvalue weighted by Crippen LogP contribution is 2.09. The lowest BCUT2D eigenvalue weighted by molar-refractivity contribution is -0.870. The van der Waals surface area contributed by atoms with Crippen molar-refractivity contribution in [2.45, 2.75) is 180 Å². The average molecular weight is 1140 g/mol. The van der Waals surface area contributed by atoms with Gasteiger partial charge in [-0.1, -0.05) is 233 Å². The van der Waals surface area contributed by atoms with Gasteiger partial charge in [0.05, 0.1) is 40.3 Å². The molecule has 2 atom stereocenters. The molecule has 0 rings (SSSR count). The summed E-state index contributed by atoms with van der Waals surface area (Å²) >= 11 is 0. The molecular formula is C74H109NO8. The minimum Gasteiger partial charge on any atom is -0.545 e. The number of carboxylic acid groups (broad SMARTS) is 1. The van der Waals surface area contributed by atoms with Crippen molar-refractivity contribution in [3.63, 3.8) is 0 Å². The van der Waals surface area contributed by atoms with Crippen LogP contribution >= 0.6 is 0 Å². The molecule has 0 N–H and O–H groups in total. The Morgan fingerprint density at radius 1 is 0.361 bits per heavy atom. The van der Waals surface area contributed by atoms with Gasteiger partial charge in [-0.3, -0.25) is 9.59 Å². The molecule has 458 valence electrons. The van der Waals surface area contributed by atoms with Crippen LogP contribution in [0.15, 0.2) is 219 Å². The minimum atomic E-state index is -1.67. The molecule has 0 radical (unpaired) electrons. The van der Waals surface area contributed by atoms with Gasteiger partial charge in [0, 0.05) is 12.8 Å². The van der Waals surface area contributed by atoms with Crippen LogP contribution in [0.4, 0.5) is 0 Å². The highest BCUT2D eigenvalue weighted by atomic mass is 16.7. The molecular weight excluding hydrogens is 1030 g/mol. The van der Waals surface area contributed by atoms with E-state index in [-0.39, 0.29) is 32.7 Å². The lowest BCUT2D eigenvalue weighted by Crippen LogP contribution is -2.44. The zero-order chi connectivity index (χ0) is 60.5. The normalized spacial score (nSPS) is 14.3. The van der Waals surface area contributed by atoms with Crippen LogP contribution in [-0.4, -0.2) is 82.3 Å². The molecule has 0 aliphatic rings. The Kier molecular flexibility index (Phi) is 56.9. The van der Waals surface area contributed by atoms with E-state index < -0.39 is 30.3 Å². The van der Waals surface area contributed by atoms with Crippen LogP contribution in [0.3, 0.4) is 0 Å². The van der Waals surface area contributed by atoms with Gasteiger partial charge >= 0.3 is 11.9 Å². The average Bonchev–Trinajstić information content (AvgIpc) is 3.47. The van der Waals surface area contributed by atoms with Crippen LogP contribution in [0.5, 0.6) is 0 Å². The molecule has 83 heavy (non-hydrogen) atoms. The molecule has 0 aromatic rings. The second-order valence-electron chi connectivity index (χ2n) is 20.5. The van der Waals surface area contributed by atoms with Crippen molar-refractivity contribution >= 4 is 17.9 Å². The third kappa shape index (κ3) is 63.0. The van der Waals surface area contributed by atoms with Gasteiger partial charge in [-0.05, 0) is 141 Å². The first-order valence-electron chi connectivity index (χ1n) is 30.9. The number of aliphatic carboxylic acids is 1. The standard InChI is InChI=1S/C74H109NO8/c1-6-8-10-12-14-16-18-20-22-24-26-28-30-32-34-36-38-40-42-44-46-48-50-52-54-56-58-60-62-64-71(76)81-68-70(69-82-74(73(78)79)80-67-66-75(3,4)5)83-72(77)65-63-61-59-57-55-53-51-49-47-45-43-41-39-37-35-33-31-29-27-25-23-21-19-17-15-13-11-9-7-2/h8-11,14-17,20-23,26-29,32-35,38-41,44-47,50-53,56-59,70,74H,6-7,12-13,18-19,24-25,30-31,36-37,42-43,48-49,54-55,60-69H2,1-5H3/b10-8-,11-9-,16-14-,17-15-,22-20-,23-21-,28-26-,29-27-,34-32-,35-33-,40-38-,41-39-,46-44-,47-45-,52-50-,53-51-,58-56-,59-57-. The van der Waals surface area contributed by atoms with E-state index in [2.05, 4.69) is 220 Å². The number of unbranched alkanes of at least 4 members (excludes halogenated alkanes) is 2. The lowest BCUT2D eigenvalue weighted by Gasteiger charge is -2.26. The first-order chi connectivity index (χ1) is 40.6. The molecule has 0 aromatic carbocycles. The molecule has 0 saturated heterocycles. The molecule has 2 unspecified atom stereocenters. The molecule has 0 aliphatic carbocycles. The molecule has 9 nitrogen and oxygen atoms in total. The van der Waals surface area contributed by atoms with Crippen molar-refractivity contribution in [3.05, 3.63) is 219 Å². The second-order valence-corrected chi connectivity index (χ2v) is 20.5. The third-order valence-corrected chi connectivity index (χ3v) is 11.7. The van der Waals surface area contributed by atoms with Crippen molar-refractivity contribution in [1.82, 2.24) is 0 Å². The maximum Gasteiger partial charge on any atom is 0.306 e. The summed E-state index contributed by atoms with van der Waals surface area (Å²) < 4.78 is 22.5. The number of quaternary nitrogens is 1. The molecule has 0 heterocycles. The van der Waals surface area contributed by atoms with Crippen molar-refractivity contribution in [1.29, 1.82) is 0 Å². The number of ether oxygens (including phenoxy) is 4. The molecule has 0 saturated carbocycles. The zero-order valence-electron chi connectivity index (χ0n) is 52.0. The fraction of sp³-hybridized carbons (Fsp3) is 0.473. The maximum atomic E-state index is 12.9. The number of allylic oxidation sites excluding steroid dienone is 36. The van der Waals surface area contributed by atoms with Crippen LogP contribution < -0.4 is 5.11 Å². The highest BCUT2D eigenvalue weighted by molar-refractivity contribution is 5.70. The Balaban J connectivity index is 4.50. The second kappa shape index (κ2) is 61.7. The van der Waals surface area contributed by atoms with Crippen molar-refractivity contribution in [2.75, 3.05) is 47.5 Å². The summed E-state index contributed by atoms with van der Waals surface area (Å²) in [5.74, 6) is -2.48. The Bertz CT molecular complexity index is 2160. The number of hydrogen-bond acceptors (Lipinski definition) is 8. The van der Waals surface area contributed by atoms with Gasteiger partial charge in [0.15, 0.2) is 12.4 Å². The zero-order valence-corrected chi connectivity index (χ0v) is 52.0. The number of hydrogen-bond donors (Lipinski definition) is 0. The van der Waals surface area contributed by atoms with E-state index in [1.54, 1.807) is 0 Å². The number of carbonyl (C=O) groups excluding carboxylic acids is 3. The van der Waals surface area contributed by atoms with Gasteiger partial charge in [-0.15, -0.1) is 0 Å². The SMILES string of the molecule is CC/C=C\C/C=C\C/C=C\C/C=C\C/C=C\C/C=C\C/C=C\C/C=C\C/C=C\CCCC(=O)OCC(COC(OCC[N+](C)(C)C)C(=O)[O-])OC(=O)CCC/C=C\C/C=C\C/C=C\C/C=C\C/C=C\C/C=C\C/C=C\C/C=C\C/C=C\CC. The van der Waals surface area contributed by atoms with Crippen LogP contribution in [0.1, 0.15) is 168 Å². The molecule has 0 spiro atoms. The van der Waals surface area contributed by atoms with E-state index in [4.69, 9.17) is 18.9 Å². The Morgan fingerprint density at radius 2 is 0.627 bits per heavy atom. The smallest absolute Gasteiger partial charge is 0.306 e. The first-order valence-corrected chi connectivity index (χ1v) is 30.9. The third-order valence-electron chi connectivity index (χ3n) is 11.7. The van der Waals surface area contributed by atoms with Crippen molar-refractivity contribution < 1.29 is 42.9 Å². The quantitative estimate of drug-likeness (QED) is 0.0195. The molecule has 0 aromatic heterocycles. The number of likely N-dealkylation sites (N-methyl/N-ethyl adjacent to an activating group) is 1. The van der Waals surface area contributed by atoms with Gasteiger partial charge < -0.3 is 33.3 Å². The van der Waals surface area contributed by atoms with Gasteiger partial charge in [0.2, 0.25) is 0 Å². The van der Waals surface area contributed by atoms with Gasteiger partial charge in [0.25, 0.3) is 0 Å². The van der Waals surface area contributed by atoms with Crippen LogP contribution in [0, 0.1) is 0 Å². The van der Waals surface area contributed by atoms with Crippen molar-refractivity contribution in [3.8, 4) is 0 Å². The Morgan fingerprint density at radius 3 is 0.892 bits per heavy atom. The molecule has 0 aliphatic heterocycles. The van der Waals surface area contributed by atoms with E-state index in [1.165, 1.54) is 0 Å². The van der Waals surface area contributed by atoms with Gasteiger partial charge in [-0.2, -0.15) is 0 Å². The van der Waals surface area contributed by atoms with Crippen LogP contribution in [0.25, 0.3) is 0 Å². The highest BCUT2D eigenvalue weighted by Gasteiger charge is 2.21. The molecule has 0 fully saturated rings. The van der Waals surface area contributed by atoms with E-state index in [1.807, 2.05) is 33.3 Å². The van der Waals surface area contributed by atoms with Crippen LogP contribution in [0.2, 0.25) is 0 Å². The Hall–Kier alpha value is -6.39. The number of nitrogens with zero attached hydrogens (tertiary/aromatic N) is 1. The first kappa shape index (κ1) is 76.6. The number of rotatable bonds is 53. The Labute approximate surface area is 505 Å². The number of carbonyl (C=O) groups is 3. The summed E-state index contributed by atoms with van der Waals surface area (Å²) in [5.41, 5.74) is 0. The van der Waals surface area contributed by atoms with Gasteiger partial charge in [-0.25, -0.2) is 0 Å². The predicted molar refractivity (Wildman–Crippen MR) is 351 cm³/mol. The van der Waals surface area contributed by atoms with Crippen LogP contribution in [-0.2, 0) is 33.3 Å². The lowest BCUT2D eigenvalue weighted by atomic mass is 10.2. The fourth-order valence-electron chi connectivity index (χ4n) is 7.07. The number of carboxylic acids is 1. The summed E-state index contributed by atoms with van der Waals surface area (Å²) in [6, 6.07) is 0. The van der Waals surface area contributed by atoms with E-state index in [0.717, 1.165) is 116 Å². The minimum absolute atomic E-state index is 0.113. The monoisotopic (exact) mass is 1140 g/mol. The molecule has 0 bridgehead atoms. The largest absolute Gasteiger partial charge is 0.545 e.